The van der Waals surface area contributed by atoms with Gasteiger partial charge in [0.25, 0.3) is 0 Å². The van der Waals surface area contributed by atoms with E-state index in [1.165, 1.54) is 63.5 Å². The molecule has 0 saturated carbocycles. The van der Waals surface area contributed by atoms with Crippen molar-refractivity contribution in [3.8, 4) is 0 Å². The molecule has 0 unspecified atom stereocenters. The van der Waals surface area contributed by atoms with E-state index in [2.05, 4.69) is 11.6 Å². The second-order valence-electron chi connectivity index (χ2n) is 4.15. The van der Waals surface area contributed by atoms with E-state index in [1.54, 1.807) is 0 Å². The minimum absolute atomic E-state index is 1.09. The van der Waals surface area contributed by atoms with Crippen molar-refractivity contribution in [2.75, 3.05) is 6.54 Å². The van der Waals surface area contributed by atoms with Crippen molar-refractivity contribution in [3.05, 3.63) is 12.7 Å². The lowest BCUT2D eigenvalue weighted by Crippen LogP contribution is -1.92. The van der Waals surface area contributed by atoms with E-state index in [1.807, 2.05) is 6.08 Å². The van der Waals surface area contributed by atoms with Crippen molar-refractivity contribution < 1.29 is 0 Å². The zero-order chi connectivity index (χ0) is 10.1. The maximum atomic E-state index is 4.49. The normalized spacial score (nSPS) is 15.6. The van der Waals surface area contributed by atoms with Gasteiger partial charge in [-0.2, -0.15) is 0 Å². The third-order valence-electron chi connectivity index (χ3n) is 2.83. The Labute approximate surface area is 88.3 Å². The van der Waals surface area contributed by atoms with Crippen LogP contribution in [-0.4, -0.2) is 12.3 Å². The van der Waals surface area contributed by atoms with Crippen LogP contribution in [0, 0.1) is 0 Å². The van der Waals surface area contributed by atoms with Gasteiger partial charge in [-0.05, 0) is 38.5 Å². The van der Waals surface area contributed by atoms with Crippen LogP contribution in [0.1, 0.15) is 57.8 Å². The zero-order valence-electron chi connectivity index (χ0n) is 9.30. The van der Waals surface area contributed by atoms with Gasteiger partial charge in [-0.15, -0.1) is 6.58 Å². The molecule has 0 spiro atoms. The summed E-state index contributed by atoms with van der Waals surface area (Å²) in [7, 11) is 0. The van der Waals surface area contributed by atoms with E-state index in [4.69, 9.17) is 0 Å². The van der Waals surface area contributed by atoms with Crippen LogP contribution in [0.25, 0.3) is 0 Å². The highest BCUT2D eigenvalue weighted by Gasteiger charge is 2.04. The molecule has 1 heterocycles. The molecule has 1 nitrogen and oxygen atoms in total. The smallest absolute Gasteiger partial charge is 0.0392 e. The molecule has 1 heteroatoms. The topological polar surface area (TPSA) is 12.4 Å². The van der Waals surface area contributed by atoms with Gasteiger partial charge in [-0.25, -0.2) is 0 Å². The molecule has 1 aliphatic rings. The molecule has 0 fully saturated rings. The molecule has 0 saturated heterocycles. The minimum Gasteiger partial charge on any atom is -0.294 e. The molecule has 14 heavy (non-hydrogen) atoms. The summed E-state index contributed by atoms with van der Waals surface area (Å²) in [6.07, 6.45) is 13.9. The molecule has 0 radical (unpaired) electrons. The molecular weight excluding hydrogens is 170 g/mol. The van der Waals surface area contributed by atoms with Gasteiger partial charge in [-0.1, -0.05) is 25.3 Å². The van der Waals surface area contributed by atoms with Gasteiger partial charge in [0, 0.05) is 12.3 Å². The molecule has 0 atom stereocenters. The summed E-state index contributed by atoms with van der Waals surface area (Å²) in [5, 5.41) is 0. The fourth-order valence-corrected chi connectivity index (χ4v) is 1.95. The van der Waals surface area contributed by atoms with E-state index in [-0.39, 0.29) is 0 Å². The van der Waals surface area contributed by atoms with Gasteiger partial charge in [0.2, 0.25) is 0 Å². The summed E-state index contributed by atoms with van der Waals surface area (Å²) in [5.74, 6) is 0. The molecule has 0 aromatic carbocycles. The fraction of sp³-hybridized carbons (Fsp3) is 0.769. The Morgan fingerprint density at radius 1 is 1.14 bits per heavy atom. The van der Waals surface area contributed by atoms with Crippen LogP contribution in [-0.2, 0) is 0 Å². The van der Waals surface area contributed by atoms with Gasteiger partial charge < -0.3 is 0 Å². The second-order valence-corrected chi connectivity index (χ2v) is 4.15. The Bertz CT molecular complexity index is 182. The van der Waals surface area contributed by atoms with Gasteiger partial charge in [0.05, 0.1) is 0 Å². The number of aliphatic imine (C=N–C) groups is 1. The first-order valence-corrected chi connectivity index (χ1v) is 6.06. The molecule has 1 aliphatic heterocycles. The average molecular weight is 193 g/mol. The molecule has 0 amide bonds. The number of rotatable bonds is 8. The Morgan fingerprint density at radius 3 is 2.64 bits per heavy atom. The number of nitrogens with zero attached hydrogens (tertiary/aromatic N) is 1. The van der Waals surface area contributed by atoms with Crippen LogP contribution < -0.4 is 0 Å². The number of hydrogen-bond acceptors (Lipinski definition) is 1. The van der Waals surface area contributed by atoms with Crippen molar-refractivity contribution in [1.29, 1.82) is 0 Å². The van der Waals surface area contributed by atoms with Crippen LogP contribution in [0.5, 0.6) is 0 Å². The fourth-order valence-electron chi connectivity index (χ4n) is 1.95. The average Bonchev–Trinajstić information content (AvgIpc) is 2.69. The predicted molar refractivity (Wildman–Crippen MR) is 64.1 cm³/mol. The third kappa shape index (κ3) is 5.21. The van der Waals surface area contributed by atoms with E-state index in [9.17, 15) is 0 Å². The van der Waals surface area contributed by atoms with Crippen molar-refractivity contribution in [3.63, 3.8) is 0 Å². The molecule has 0 aliphatic carbocycles. The number of allylic oxidation sites excluding steroid dienone is 1. The lowest BCUT2D eigenvalue weighted by molar-refractivity contribution is 0.626. The van der Waals surface area contributed by atoms with Crippen molar-refractivity contribution in [1.82, 2.24) is 0 Å². The van der Waals surface area contributed by atoms with Crippen molar-refractivity contribution in [2.45, 2.75) is 57.8 Å². The third-order valence-corrected chi connectivity index (χ3v) is 2.83. The lowest BCUT2D eigenvalue weighted by atomic mass is 10.1. The van der Waals surface area contributed by atoms with Crippen molar-refractivity contribution >= 4 is 5.71 Å². The molecule has 0 aromatic heterocycles. The molecular formula is C13H23N. The highest BCUT2D eigenvalue weighted by molar-refractivity contribution is 5.85. The predicted octanol–water partition coefficient (Wildman–Crippen LogP) is 4.14. The summed E-state index contributed by atoms with van der Waals surface area (Å²) in [6.45, 7) is 4.82. The first-order chi connectivity index (χ1) is 6.93. The van der Waals surface area contributed by atoms with Crippen LogP contribution in [0.2, 0.25) is 0 Å². The SMILES string of the molecule is C=CCCCCCCCC1=NCCC1. The second kappa shape index (κ2) is 7.78. The first kappa shape index (κ1) is 11.5. The van der Waals surface area contributed by atoms with Crippen molar-refractivity contribution in [2.24, 2.45) is 4.99 Å². The van der Waals surface area contributed by atoms with Gasteiger partial charge in [0.15, 0.2) is 0 Å². The standard InChI is InChI=1S/C13H23N/c1-2-3-4-5-6-7-8-10-13-11-9-12-14-13/h2H,1,3-12H2. The Hall–Kier alpha value is -0.590. The van der Waals surface area contributed by atoms with E-state index in [0.717, 1.165) is 6.54 Å². The summed E-state index contributed by atoms with van der Waals surface area (Å²) >= 11 is 0. The summed E-state index contributed by atoms with van der Waals surface area (Å²) in [6, 6.07) is 0. The van der Waals surface area contributed by atoms with Crippen LogP contribution in [0.4, 0.5) is 0 Å². The maximum absolute atomic E-state index is 4.49. The quantitative estimate of drug-likeness (QED) is 0.406. The largest absolute Gasteiger partial charge is 0.294 e. The zero-order valence-corrected chi connectivity index (χ0v) is 9.30. The summed E-state index contributed by atoms with van der Waals surface area (Å²) in [5.41, 5.74) is 1.48. The van der Waals surface area contributed by atoms with E-state index >= 15 is 0 Å². The van der Waals surface area contributed by atoms with Crippen LogP contribution >= 0.6 is 0 Å². The number of hydrogen-bond donors (Lipinski definition) is 0. The molecule has 0 N–H and O–H groups in total. The van der Waals surface area contributed by atoms with Crippen LogP contribution in [0.3, 0.4) is 0 Å². The van der Waals surface area contributed by atoms with E-state index < -0.39 is 0 Å². The minimum atomic E-state index is 1.09. The molecule has 0 bridgehead atoms. The molecule has 1 rings (SSSR count). The summed E-state index contributed by atoms with van der Waals surface area (Å²) < 4.78 is 0. The highest BCUT2D eigenvalue weighted by atomic mass is 14.8. The maximum Gasteiger partial charge on any atom is 0.0392 e. The monoisotopic (exact) mass is 193 g/mol. The van der Waals surface area contributed by atoms with E-state index in [0.29, 0.717) is 0 Å². The summed E-state index contributed by atoms with van der Waals surface area (Å²) in [4.78, 5) is 4.49. The van der Waals surface area contributed by atoms with Gasteiger partial charge in [-0.3, -0.25) is 4.99 Å². The number of unbranched alkanes of at least 4 members (excludes halogenated alkanes) is 5. The highest BCUT2D eigenvalue weighted by Crippen LogP contribution is 2.12. The Morgan fingerprint density at radius 2 is 1.93 bits per heavy atom. The Balaban J connectivity index is 1.82. The van der Waals surface area contributed by atoms with Crippen LogP contribution in [0.15, 0.2) is 17.6 Å². The molecule has 0 aromatic rings. The Kier molecular flexibility index (Phi) is 6.38. The first-order valence-electron chi connectivity index (χ1n) is 6.06. The lowest BCUT2D eigenvalue weighted by Gasteiger charge is -2.00. The molecule has 80 valence electrons. The van der Waals surface area contributed by atoms with Gasteiger partial charge >= 0.3 is 0 Å². The van der Waals surface area contributed by atoms with Gasteiger partial charge in [0.1, 0.15) is 0 Å².